The average molecular weight is 576 g/mol. The molecule has 0 saturated carbocycles. The van der Waals surface area contributed by atoms with Crippen LogP contribution >= 0.6 is 0 Å². The zero-order valence-corrected chi connectivity index (χ0v) is 23.6. The van der Waals surface area contributed by atoms with Crippen molar-refractivity contribution in [1.82, 2.24) is 9.88 Å². The molecule has 1 aliphatic rings. The minimum Gasteiger partial charge on any atom is -0.494 e. The first-order valence-electron chi connectivity index (χ1n) is 13.7. The molecule has 0 aliphatic carbocycles. The van der Waals surface area contributed by atoms with Crippen LogP contribution in [0.1, 0.15) is 35.1 Å². The Hall–Kier alpha value is -4.91. The molecule has 210 valence electrons. The lowest BCUT2D eigenvalue weighted by Crippen LogP contribution is -2.18. The van der Waals surface area contributed by atoms with E-state index < -0.39 is 10.0 Å². The van der Waals surface area contributed by atoms with Gasteiger partial charge in [-0.25, -0.2) is 13.4 Å². The van der Waals surface area contributed by atoms with E-state index in [4.69, 9.17) is 4.99 Å². The van der Waals surface area contributed by atoms with E-state index in [-0.39, 0.29) is 16.3 Å². The van der Waals surface area contributed by atoms with Crippen LogP contribution in [0.3, 0.4) is 0 Å². The second-order valence-corrected chi connectivity index (χ2v) is 12.0. The first kappa shape index (κ1) is 27.3. The molecular formula is C33H29N5O3S. The highest BCUT2D eigenvalue weighted by Gasteiger charge is 2.21. The summed E-state index contributed by atoms with van der Waals surface area (Å²) in [5.74, 6) is -0.0695. The van der Waals surface area contributed by atoms with Crippen molar-refractivity contribution in [2.24, 2.45) is 4.99 Å². The number of anilines is 1. The maximum absolute atomic E-state index is 13.1. The minimum absolute atomic E-state index is 0.0153. The van der Waals surface area contributed by atoms with Crippen LogP contribution < -0.4 is 4.72 Å². The van der Waals surface area contributed by atoms with Gasteiger partial charge in [0.2, 0.25) is 0 Å². The van der Waals surface area contributed by atoms with Crippen LogP contribution in [0.5, 0.6) is 5.88 Å². The summed E-state index contributed by atoms with van der Waals surface area (Å²) in [5.41, 5.74) is 4.96. The highest BCUT2D eigenvalue weighted by atomic mass is 32.2. The number of aliphatic imine (C=N–C) groups is 1. The van der Waals surface area contributed by atoms with Gasteiger partial charge in [-0.1, -0.05) is 48.5 Å². The van der Waals surface area contributed by atoms with Gasteiger partial charge in [0.1, 0.15) is 0 Å². The van der Waals surface area contributed by atoms with E-state index in [2.05, 4.69) is 26.7 Å². The molecule has 1 aliphatic heterocycles. The number of rotatable bonds is 8. The van der Waals surface area contributed by atoms with Gasteiger partial charge in [-0.15, -0.1) is 0 Å². The Labute approximate surface area is 244 Å². The van der Waals surface area contributed by atoms with Crippen molar-refractivity contribution < 1.29 is 13.5 Å². The molecule has 0 spiro atoms. The average Bonchev–Trinajstić information content (AvgIpc) is 3.64. The second-order valence-electron chi connectivity index (χ2n) is 10.3. The molecule has 1 saturated heterocycles. The lowest BCUT2D eigenvalue weighted by atomic mass is 10.0. The van der Waals surface area contributed by atoms with Crippen molar-refractivity contribution in [2.45, 2.75) is 24.3 Å². The van der Waals surface area contributed by atoms with E-state index in [0.717, 1.165) is 30.9 Å². The number of aromatic amines is 1. The molecule has 9 heteroatoms. The van der Waals surface area contributed by atoms with E-state index in [1.165, 1.54) is 36.6 Å². The second kappa shape index (κ2) is 11.5. The van der Waals surface area contributed by atoms with Crippen LogP contribution in [-0.4, -0.2) is 42.2 Å². The van der Waals surface area contributed by atoms with Crippen molar-refractivity contribution in [3.63, 3.8) is 0 Å². The Kier molecular flexibility index (Phi) is 7.48. The Morgan fingerprint density at radius 3 is 2.45 bits per heavy atom. The van der Waals surface area contributed by atoms with E-state index in [9.17, 15) is 18.8 Å². The van der Waals surface area contributed by atoms with Crippen LogP contribution in [0, 0.1) is 11.3 Å². The van der Waals surface area contributed by atoms with E-state index in [1.54, 1.807) is 24.3 Å². The number of H-pyrrole nitrogens is 1. The quantitative estimate of drug-likeness (QED) is 0.187. The molecule has 0 atom stereocenters. The monoisotopic (exact) mass is 575 g/mol. The molecule has 42 heavy (non-hydrogen) atoms. The molecule has 0 radical (unpaired) electrons. The van der Waals surface area contributed by atoms with Gasteiger partial charge in [0, 0.05) is 28.7 Å². The molecule has 8 nitrogen and oxygen atoms in total. The lowest BCUT2D eigenvalue weighted by molar-refractivity contribution is 0.331. The van der Waals surface area contributed by atoms with Gasteiger partial charge in [0.05, 0.1) is 33.5 Å². The van der Waals surface area contributed by atoms with Gasteiger partial charge in [0.25, 0.3) is 10.0 Å². The predicted octanol–water partition coefficient (Wildman–Crippen LogP) is 6.31. The molecule has 6 rings (SSSR count). The Balaban J connectivity index is 1.39. The third-order valence-corrected chi connectivity index (χ3v) is 8.75. The third-order valence-electron chi connectivity index (χ3n) is 7.37. The van der Waals surface area contributed by atoms with Gasteiger partial charge < -0.3 is 10.1 Å². The summed E-state index contributed by atoms with van der Waals surface area (Å²) in [6, 6.07) is 30.5. The fourth-order valence-electron chi connectivity index (χ4n) is 5.29. The molecule has 1 aromatic heterocycles. The highest BCUT2D eigenvalue weighted by molar-refractivity contribution is 7.92. The number of nitriles is 1. The van der Waals surface area contributed by atoms with Crippen LogP contribution in [0.2, 0.25) is 0 Å². The number of hydrogen-bond donors (Lipinski definition) is 3. The van der Waals surface area contributed by atoms with Gasteiger partial charge in [-0.3, -0.25) is 9.62 Å². The molecule has 0 unspecified atom stereocenters. The Morgan fingerprint density at radius 2 is 1.71 bits per heavy atom. The van der Waals surface area contributed by atoms with Crippen molar-refractivity contribution in [1.29, 1.82) is 5.26 Å². The molecule has 1 fully saturated rings. The SMILES string of the molecule is N#Cc1cccc(S(=O)(=O)Nc2ccc3[nH]c(O)c(C(=Nc4ccc(CN5CCCC5)cc4)c4ccccc4)c3c2)c1. The van der Waals surface area contributed by atoms with Crippen molar-refractivity contribution >= 4 is 38.0 Å². The number of aromatic hydroxyl groups is 1. The van der Waals surface area contributed by atoms with Crippen LogP contribution in [0.25, 0.3) is 10.9 Å². The molecule has 2 heterocycles. The van der Waals surface area contributed by atoms with Crippen LogP contribution in [-0.2, 0) is 16.6 Å². The molecule has 5 aromatic rings. The Bertz CT molecular complexity index is 1920. The van der Waals surface area contributed by atoms with Crippen molar-refractivity contribution in [3.8, 4) is 11.9 Å². The smallest absolute Gasteiger partial charge is 0.261 e. The summed E-state index contributed by atoms with van der Waals surface area (Å²) in [6.45, 7) is 3.17. The molecular weight excluding hydrogens is 546 g/mol. The molecule has 0 amide bonds. The highest BCUT2D eigenvalue weighted by Crippen LogP contribution is 2.34. The van der Waals surface area contributed by atoms with Gasteiger partial charge in [-0.05, 0) is 80.0 Å². The first-order chi connectivity index (χ1) is 20.4. The first-order valence-corrected chi connectivity index (χ1v) is 15.2. The van der Waals surface area contributed by atoms with E-state index in [1.807, 2.05) is 48.5 Å². The molecule has 0 bridgehead atoms. The third kappa shape index (κ3) is 5.77. The largest absolute Gasteiger partial charge is 0.494 e. The van der Waals surface area contributed by atoms with Gasteiger partial charge >= 0.3 is 0 Å². The predicted molar refractivity (Wildman–Crippen MR) is 165 cm³/mol. The van der Waals surface area contributed by atoms with Crippen LogP contribution in [0.4, 0.5) is 11.4 Å². The van der Waals surface area contributed by atoms with E-state index >= 15 is 0 Å². The van der Waals surface area contributed by atoms with Gasteiger partial charge in [0.15, 0.2) is 5.88 Å². The lowest BCUT2D eigenvalue weighted by Gasteiger charge is -2.14. The Morgan fingerprint density at radius 1 is 0.952 bits per heavy atom. The number of fused-ring (bicyclic) bond motifs is 1. The number of sulfonamides is 1. The maximum atomic E-state index is 13.1. The summed E-state index contributed by atoms with van der Waals surface area (Å²) in [5, 5.41) is 20.9. The summed E-state index contributed by atoms with van der Waals surface area (Å²) in [4.78, 5) is 10.4. The maximum Gasteiger partial charge on any atom is 0.261 e. The number of benzene rings is 4. The van der Waals surface area contributed by atoms with Gasteiger partial charge in [-0.2, -0.15) is 5.26 Å². The summed E-state index contributed by atoms with van der Waals surface area (Å²) >= 11 is 0. The molecule has 3 N–H and O–H groups in total. The zero-order valence-electron chi connectivity index (χ0n) is 22.8. The van der Waals surface area contributed by atoms with Crippen LogP contribution in [0.15, 0.2) is 107 Å². The number of hydrogen-bond acceptors (Lipinski definition) is 6. The number of aromatic nitrogens is 1. The summed E-state index contributed by atoms with van der Waals surface area (Å²) < 4.78 is 28.9. The van der Waals surface area contributed by atoms with E-state index in [0.29, 0.717) is 27.9 Å². The fraction of sp³-hybridized carbons (Fsp3) is 0.152. The summed E-state index contributed by atoms with van der Waals surface area (Å²) in [7, 11) is -3.96. The number of likely N-dealkylation sites (tertiary alicyclic amines) is 1. The standard InChI is InChI=1S/C33H29N5O3S/c34-21-24-7-6-10-28(19-24)42(40,41)37-27-15-16-30-29(20-27)31(33(39)36-30)32(25-8-2-1-3-9-25)35-26-13-11-23(12-14-26)22-38-17-4-5-18-38/h1-3,6-16,19-20,36-37,39H,4-5,17-18,22H2. The zero-order chi connectivity index (χ0) is 29.1. The minimum atomic E-state index is -3.96. The van der Waals surface area contributed by atoms with Crippen molar-refractivity contribution in [3.05, 3.63) is 119 Å². The molecule has 4 aromatic carbocycles. The fourth-order valence-corrected chi connectivity index (χ4v) is 6.39. The topological polar surface area (TPSA) is 122 Å². The van der Waals surface area contributed by atoms with Crippen molar-refractivity contribution in [2.75, 3.05) is 17.8 Å². The number of nitrogens with zero attached hydrogens (tertiary/aromatic N) is 3. The summed E-state index contributed by atoms with van der Waals surface area (Å²) in [6.07, 6.45) is 2.49. The normalized spacial score (nSPS) is 14.2. The number of nitrogens with one attached hydrogen (secondary N) is 2.